The third kappa shape index (κ3) is 5.96. The van der Waals surface area contributed by atoms with Gasteiger partial charge in [-0.15, -0.1) is 11.3 Å². The predicted octanol–water partition coefficient (Wildman–Crippen LogP) is 3.64. The number of benzene rings is 2. The molecule has 0 saturated carbocycles. The zero-order valence-electron chi connectivity index (χ0n) is 19.9. The minimum atomic E-state index is -0.718. The molecule has 3 amide bonds. The molecule has 1 heterocycles. The van der Waals surface area contributed by atoms with E-state index in [0.717, 1.165) is 22.1 Å². The first kappa shape index (κ1) is 25.7. The summed E-state index contributed by atoms with van der Waals surface area (Å²) >= 11 is 0.894. The average Bonchev–Trinajstić information content (AvgIpc) is 3.12. The molecule has 0 fully saturated rings. The Morgan fingerprint density at radius 2 is 1.74 bits per heavy atom. The van der Waals surface area contributed by atoms with Crippen LogP contribution in [0.2, 0.25) is 0 Å². The first-order chi connectivity index (χ1) is 16.6. The van der Waals surface area contributed by atoms with E-state index in [-0.39, 0.29) is 51.9 Å². The van der Waals surface area contributed by atoms with Gasteiger partial charge in [0.2, 0.25) is 0 Å². The fourth-order valence-electron chi connectivity index (χ4n) is 3.48. The van der Waals surface area contributed by atoms with Gasteiger partial charge in [-0.25, -0.2) is 4.79 Å². The highest BCUT2D eigenvalue weighted by Gasteiger charge is 2.27. The van der Waals surface area contributed by atoms with Crippen molar-refractivity contribution in [3.63, 3.8) is 0 Å². The monoisotopic (exact) mass is 497 g/mol. The minimum absolute atomic E-state index is 0.0618. The second-order valence-electron chi connectivity index (χ2n) is 8.01. The van der Waals surface area contributed by atoms with Crippen molar-refractivity contribution in [2.75, 3.05) is 18.5 Å². The van der Waals surface area contributed by atoms with E-state index in [4.69, 9.17) is 15.2 Å². The maximum atomic E-state index is 13.4. The number of ether oxygens (including phenoxy) is 2. The van der Waals surface area contributed by atoms with Gasteiger partial charge in [0.15, 0.2) is 6.61 Å². The number of nitrogens with two attached hydrogens (primary N) is 1. The summed E-state index contributed by atoms with van der Waals surface area (Å²) < 4.78 is 10.8. The second-order valence-corrected chi connectivity index (χ2v) is 9.03. The van der Waals surface area contributed by atoms with Crippen LogP contribution in [0, 0.1) is 6.92 Å². The van der Waals surface area contributed by atoms with Crippen LogP contribution in [0.3, 0.4) is 0 Å². The molecule has 3 aromatic rings. The summed E-state index contributed by atoms with van der Waals surface area (Å²) in [5.74, 6) is -2.11. The highest BCUT2D eigenvalue weighted by Crippen LogP contribution is 2.35. The molecule has 4 N–H and O–H groups in total. The Labute approximate surface area is 206 Å². The number of fused-ring (bicyclic) bond motifs is 1. The molecule has 0 aliphatic carbocycles. The molecule has 0 atom stereocenters. The highest BCUT2D eigenvalue weighted by atomic mass is 32.1. The van der Waals surface area contributed by atoms with Crippen LogP contribution in [-0.2, 0) is 9.53 Å². The standard InChI is InChI=1S/C25H27N3O6S/c1-5-33-25(32)20-14(4)21(22(26)30)35-24(20)28-23(31)17-10-15-8-6-7-9-16(15)11-18(17)34-12-19(29)27-13(2)3/h6-11,13H,5,12H2,1-4H3,(H2,26,30)(H,27,29)(H,28,31). The lowest BCUT2D eigenvalue weighted by Crippen LogP contribution is -2.34. The Bertz CT molecular complexity index is 1300. The third-order valence-electron chi connectivity index (χ3n) is 4.98. The lowest BCUT2D eigenvalue weighted by atomic mass is 10.1. The van der Waals surface area contributed by atoms with Crippen molar-refractivity contribution < 1.29 is 28.7 Å². The SMILES string of the molecule is CCOC(=O)c1c(NC(=O)c2cc3ccccc3cc2OCC(=O)NC(C)C)sc(C(N)=O)c1C. The van der Waals surface area contributed by atoms with Crippen molar-refractivity contribution in [1.29, 1.82) is 0 Å². The predicted molar refractivity (Wildman–Crippen MR) is 134 cm³/mol. The topological polar surface area (TPSA) is 137 Å². The number of amides is 3. The minimum Gasteiger partial charge on any atom is -0.483 e. The lowest BCUT2D eigenvalue weighted by molar-refractivity contribution is -0.123. The summed E-state index contributed by atoms with van der Waals surface area (Å²) in [5.41, 5.74) is 6.00. The number of carbonyl (C=O) groups excluding carboxylic acids is 4. The van der Waals surface area contributed by atoms with Crippen molar-refractivity contribution in [2.24, 2.45) is 5.73 Å². The van der Waals surface area contributed by atoms with Crippen LogP contribution in [0.1, 0.15) is 56.7 Å². The van der Waals surface area contributed by atoms with Crippen LogP contribution in [0.15, 0.2) is 36.4 Å². The average molecular weight is 498 g/mol. The van der Waals surface area contributed by atoms with Gasteiger partial charge < -0.3 is 25.8 Å². The molecule has 0 unspecified atom stereocenters. The summed E-state index contributed by atoms with van der Waals surface area (Å²) in [6.07, 6.45) is 0. The first-order valence-electron chi connectivity index (χ1n) is 11.0. The summed E-state index contributed by atoms with van der Waals surface area (Å²) in [6.45, 7) is 6.72. The zero-order chi connectivity index (χ0) is 25.7. The fraction of sp³-hybridized carbons (Fsp3) is 0.280. The third-order valence-corrected chi connectivity index (χ3v) is 6.20. The van der Waals surface area contributed by atoms with Crippen LogP contribution in [0.5, 0.6) is 5.75 Å². The fourth-order valence-corrected chi connectivity index (χ4v) is 4.52. The molecule has 2 aromatic carbocycles. The molecular formula is C25H27N3O6S. The van der Waals surface area contributed by atoms with E-state index in [0.29, 0.717) is 5.56 Å². The van der Waals surface area contributed by atoms with E-state index in [1.807, 2.05) is 38.1 Å². The van der Waals surface area contributed by atoms with Gasteiger partial charge in [0, 0.05) is 6.04 Å². The van der Waals surface area contributed by atoms with E-state index < -0.39 is 17.8 Å². The van der Waals surface area contributed by atoms with Crippen LogP contribution in [0.4, 0.5) is 5.00 Å². The molecule has 1 aromatic heterocycles. The number of carbonyl (C=O) groups is 4. The molecule has 10 heteroatoms. The van der Waals surface area contributed by atoms with Gasteiger partial charge in [-0.2, -0.15) is 0 Å². The summed E-state index contributed by atoms with van der Waals surface area (Å²) in [7, 11) is 0. The largest absolute Gasteiger partial charge is 0.483 e. The summed E-state index contributed by atoms with van der Waals surface area (Å²) in [6, 6.07) is 10.6. The van der Waals surface area contributed by atoms with Crippen molar-refractivity contribution in [1.82, 2.24) is 5.32 Å². The number of anilines is 1. The van der Waals surface area contributed by atoms with Crippen molar-refractivity contribution in [3.05, 3.63) is 58.0 Å². The molecule has 0 aliphatic rings. The number of nitrogens with one attached hydrogen (secondary N) is 2. The molecule has 35 heavy (non-hydrogen) atoms. The zero-order valence-corrected chi connectivity index (χ0v) is 20.7. The summed E-state index contributed by atoms with van der Waals surface area (Å²) in [4.78, 5) is 50.0. The van der Waals surface area contributed by atoms with Gasteiger partial charge in [-0.3, -0.25) is 14.4 Å². The van der Waals surface area contributed by atoms with Gasteiger partial charge >= 0.3 is 5.97 Å². The van der Waals surface area contributed by atoms with E-state index >= 15 is 0 Å². The van der Waals surface area contributed by atoms with E-state index in [1.54, 1.807) is 26.0 Å². The Balaban J connectivity index is 2.00. The molecule has 9 nitrogen and oxygen atoms in total. The maximum absolute atomic E-state index is 13.4. The lowest BCUT2D eigenvalue weighted by Gasteiger charge is -2.14. The van der Waals surface area contributed by atoms with Crippen LogP contribution in [0.25, 0.3) is 10.8 Å². The molecule has 3 rings (SSSR count). The van der Waals surface area contributed by atoms with Crippen LogP contribution >= 0.6 is 11.3 Å². The molecule has 0 radical (unpaired) electrons. The normalized spacial score (nSPS) is 10.8. The highest BCUT2D eigenvalue weighted by molar-refractivity contribution is 7.18. The van der Waals surface area contributed by atoms with Crippen molar-refractivity contribution in [3.8, 4) is 5.75 Å². The number of esters is 1. The van der Waals surface area contributed by atoms with Crippen molar-refractivity contribution in [2.45, 2.75) is 33.7 Å². The molecular weight excluding hydrogens is 470 g/mol. The van der Waals surface area contributed by atoms with Gasteiger partial charge in [0.05, 0.1) is 22.6 Å². The Morgan fingerprint density at radius 3 is 2.34 bits per heavy atom. The maximum Gasteiger partial charge on any atom is 0.341 e. The second kappa shape index (κ2) is 11.0. The summed E-state index contributed by atoms with van der Waals surface area (Å²) in [5, 5.41) is 7.16. The van der Waals surface area contributed by atoms with Crippen LogP contribution < -0.4 is 21.1 Å². The van der Waals surface area contributed by atoms with E-state index in [2.05, 4.69) is 10.6 Å². The molecule has 0 spiro atoms. The Morgan fingerprint density at radius 1 is 1.09 bits per heavy atom. The van der Waals surface area contributed by atoms with Gasteiger partial charge in [-0.1, -0.05) is 24.3 Å². The smallest absolute Gasteiger partial charge is 0.341 e. The Hall–Kier alpha value is -3.92. The number of hydrogen-bond donors (Lipinski definition) is 3. The quantitative estimate of drug-likeness (QED) is 0.386. The molecule has 0 bridgehead atoms. The van der Waals surface area contributed by atoms with Gasteiger partial charge in [0.1, 0.15) is 10.8 Å². The molecule has 184 valence electrons. The van der Waals surface area contributed by atoms with E-state index in [1.165, 1.54) is 0 Å². The van der Waals surface area contributed by atoms with Gasteiger partial charge in [-0.05, 0) is 56.2 Å². The van der Waals surface area contributed by atoms with E-state index in [9.17, 15) is 19.2 Å². The van der Waals surface area contributed by atoms with Gasteiger partial charge in [0.25, 0.3) is 17.7 Å². The molecule has 0 saturated heterocycles. The Kier molecular flexibility index (Phi) is 8.08. The number of rotatable bonds is 9. The number of hydrogen-bond acceptors (Lipinski definition) is 7. The number of primary amides is 1. The first-order valence-corrected chi connectivity index (χ1v) is 11.8. The molecule has 0 aliphatic heterocycles. The van der Waals surface area contributed by atoms with Crippen LogP contribution in [-0.4, -0.2) is 42.9 Å². The van der Waals surface area contributed by atoms with Crippen molar-refractivity contribution >= 4 is 50.8 Å². The number of thiophene rings is 1.